The van der Waals surface area contributed by atoms with E-state index in [1.165, 1.54) is 0 Å². The average Bonchev–Trinajstić information content (AvgIpc) is 2.66. The molecule has 1 heterocycles. The molecule has 0 aliphatic carbocycles. The summed E-state index contributed by atoms with van der Waals surface area (Å²) in [5, 5.41) is 0. The Bertz CT molecular complexity index is 219. The van der Waals surface area contributed by atoms with E-state index in [1.54, 1.807) is 13.8 Å². The first kappa shape index (κ1) is 12.3. The highest BCUT2D eigenvalue weighted by atomic mass is 32.2. The van der Waals surface area contributed by atoms with Gasteiger partial charge < -0.3 is 9.47 Å². The molecule has 2 unspecified atom stereocenters. The second-order valence-electron chi connectivity index (χ2n) is 2.61. The maximum absolute atomic E-state index is 11.3. The topological polar surface area (TPSA) is 71.1 Å². The van der Waals surface area contributed by atoms with Crippen LogP contribution in [0.5, 0.6) is 0 Å². The molecule has 1 rings (SSSR count). The highest BCUT2D eigenvalue weighted by Gasteiger charge is 2.44. The normalized spacial score (nSPS) is 24.9. The summed E-state index contributed by atoms with van der Waals surface area (Å²) in [5.74, 6) is -1.25. The molecule has 0 N–H and O–H groups in total. The Balaban J connectivity index is 2.56. The molecule has 1 saturated heterocycles. The largest absolute Gasteiger partial charge is 0.464 e. The third-order valence-corrected chi connectivity index (χ3v) is 2.17. The Kier molecular flexibility index (Phi) is 4.86. The molecule has 0 saturated carbocycles. The molecule has 7 heteroatoms. The minimum atomic E-state index is -1.05. The highest BCUT2D eigenvalue weighted by Crippen LogP contribution is 2.27. The Hall–Kier alpha value is -0.790. The SMILES string of the molecule is CCOC(=O)C1OSOC1C(=O)OCC. The zero-order valence-electron chi connectivity index (χ0n) is 8.43. The van der Waals surface area contributed by atoms with Gasteiger partial charge in [0, 0.05) is 0 Å². The summed E-state index contributed by atoms with van der Waals surface area (Å²) in [6, 6.07) is 0. The molecule has 0 radical (unpaired) electrons. The number of esters is 2. The summed E-state index contributed by atoms with van der Waals surface area (Å²) >= 11 is 0.597. The van der Waals surface area contributed by atoms with E-state index in [0.717, 1.165) is 0 Å². The molecule has 1 aliphatic heterocycles. The van der Waals surface area contributed by atoms with Crippen LogP contribution in [0.2, 0.25) is 0 Å². The van der Waals surface area contributed by atoms with Crippen molar-refractivity contribution in [1.82, 2.24) is 0 Å². The van der Waals surface area contributed by atoms with Gasteiger partial charge in [0.15, 0.2) is 12.3 Å². The van der Waals surface area contributed by atoms with Crippen molar-refractivity contribution in [2.24, 2.45) is 0 Å². The van der Waals surface area contributed by atoms with Gasteiger partial charge in [0.25, 0.3) is 0 Å². The third kappa shape index (κ3) is 3.08. The number of ether oxygens (including phenoxy) is 2. The fourth-order valence-corrected chi connectivity index (χ4v) is 1.56. The Labute approximate surface area is 91.6 Å². The molecule has 0 amide bonds. The molecule has 1 fully saturated rings. The Morgan fingerprint density at radius 3 is 1.80 bits per heavy atom. The van der Waals surface area contributed by atoms with Crippen LogP contribution in [0.15, 0.2) is 0 Å². The summed E-state index contributed by atoms with van der Waals surface area (Å²) in [6.07, 6.45) is -2.09. The molecule has 1 aliphatic rings. The number of carbonyl (C=O) groups excluding carboxylic acids is 2. The van der Waals surface area contributed by atoms with Gasteiger partial charge in [-0.05, 0) is 13.8 Å². The molecular formula is C8H12O6S. The zero-order chi connectivity index (χ0) is 11.3. The minimum Gasteiger partial charge on any atom is -0.464 e. The molecule has 0 aromatic rings. The van der Waals surface area contributed by atoms with E-state index in [4.69, 9.17) is 17.8 Å². The highest BCUT2D eigenvalue weighted by molar-refractivity contribution is 7.90. The van der Waals surface area contributed by atoms with Crippen molar-refractivity contribution in [1.29, 1.82) is 0 Å². The lowest BCUT2D eigenvalue weighted by Gasteiger charge is -2.12. The van der Waals surface area contributed by atoms with Gasteiger partial charge >= 0.3 is 11.9 Å². The van der Waals surface area contributed by atoms with E-state index in [2.05, 4.69) is 0 Å². The smallest absolute Gasteiger partial charge is 0.340 e. The van der Waals surface area contributed by atoms with Gasteiger partial charge in [-0.15, -0.1) is 0 Å². The number of hydrogen-bond donors (Lipinski definition) is 0. The summed E-state index contributed by atoms with van der Waals surface area (Å²) in [5.41, 5.74) is 0. The Morgan fingerprint density at radius 2 is 1.47 bits per heavy atom. The molecule has 0 bridgehead atoms. The van der Waals surface area contributed by atoms with Crippen molar-refractivity contribution in [3.63, 3.8) is 0 Å². The van der Waals surface area contributed by atoms with Gasteiger partial charge in [0.05, 0.1) is 13.2 Å². The summed E-state index contributed by atoms with van der Waals surface area (Å²) < 4.78 is 19.2. The number of carbonyl (C=O) groups is 2. The zero-order valence-corrected chi connectivity index (χ0v) is 9.24. The van der Waals surface area contributed by atoms with Crippen LogP contribution in [-0.2, 0) is 27.4 Å². The fourth-order valence-electron chi connectivity index (χ4n) is 0.983. The average molecular weight is 236 g/mol. The molecular weight excluding hydrogens is 224 g/mol. The second-order valence-corrected chi connectivity index (χ2v) is 3.13. The van der Waals surface area contributed by atoms with Crippen LogP contribution in [0, 0.1) is 0 Å². The van der Waals surface area contributed by atoms with Gasteiger partial charge in [-0.3, -0.25) is 8.37 Å². The van der Waals surface area contributed by atoms with E-state index < -0.39 is 24.1 Å². The lowest BCUT2D eigenvalue weighted by Crippen LogP contribution is -2.39. The monoisotopic (exact) mass is 236 g/mol. The van der Waals surface area contributed by atoms with E-state index in [9.17, 15) is 9.59 Å². The molecule has 0 spiro atoms. The molecule has 86 valence electrons. The van der Waals surface area contributed by atoms with Crippen LogP contribution in [0.3, 0.4) is 0 Å². The van der Waals surface area contributed by atoms with Gasteiger partial charge in [-0.2, -0.15) is 0 Å². The van der Waals surface area contributed by atoms with Crippen LogP contribution in [0.1, 0.15) is 13.8 Å². The maximum atomic E-state index is 11.3. The first-order valence-electron chi connectivity index (χ1n) is 4.52. The van der Waals surface area contributed by atoms with Crippen molar-refractivity contribution >= 4 is 24.3 Å². The number of hydrogen-bond acceptors (Lipinski definition) is 7. The Morgan fingerprint density at radius 1 is 1.07 bits per heavy atom. The first-order valence-corrected chi connectivity index (χ1v) is 5.19. The van der Waals surface area contributed by atoms with E-state index in [1.807, 2.05) is 0 Å². The van der Waals surface area contributed by atoms with Gasteiger partial charge in [-0.25, -0.2) is 9.59 Å². The van der Waals surface area contributed by atoms with E-state index >= 15 is 0 Å². The lowest BCUT2D eigenvalue weighted by molar-refractivity contribution is -0.163. The summed E-state index contributed by atoms with van der Waals surface area (Å²) in [4.78, 5) is 22.6. The fraction of sp³-hybridized carbons (Fsp3) is 0.750. The molecule has 0 aromatic carbocycles. The molecule has 15 heavy (non-hydrogen) atoms. The molecule has 2 atom stereocenters. The predicted molar refractivity (Wildman–Crippen MR) is 50.6 cm³/mol. The lowest BCUT2D eigenvalue weighted by atomic mass is 10.2. The minimum absolute atomic E-state index is 0.221. The predicted octanol–water partition coefficient (Wildman–Crippen LogP) is 0.460. The number of rotatable bonds is 4. The maximum Gasteiger partial charge on any atom is 0.340 e. The van der Waals surface area contributed by atoms with Crippen molar-refractivity contribution in [3.05, 3.63) is 0 Å². The van der Waals surface area contributed by atoms with Gasteiger partial charge in [0.1, 0.15) is 0 Å². The van der Waals surface area contributed by atoms with Crippen LogP contribution >= 0.6 is 12.3 Å². The van der Waals surface area contributed by atoms with Crippen molar-refractivity contribution in [2.75, 3.05) is 13.2 Å². The standard InChI is InChI=1S/C8H12O6S/c1-3-11-7(9)5-6(14-15-13-5)8(10)12-4-2/h5-6H,3-4H2,1-2H3. The van der Waals surface area contributed by atoms with Crippen LogP contribution < -0.4 is 0 Å². The quantitative estimate of drug-likeness (QED) is 0.518. The summed E-state index contributed by atoms with van der Waals surface area (Å²) in [7, 11) is 0. The van der Waals surface area contributed by atoms with Crippen molar-refractivity contribution in [2.45, 2.75) is 26.1 Å². The van der Waals surface area contributed by atoms with Crippen molar-refractivity contribution < 1.29 is 27.4 Å². The van der Waals surface area contributed by atoms with E-state index in [0.29, 0.717) is 12.3 Å². The third-order valence-electron chi connectivity index (χ3n) is 1.60. The van der Waals surface area contributed by atoms with Gasteiger partial charge in [-0.1, -0.05) is 0 Å². The van der Waals surface area contributed by atoms with Crippen LogP contribution in [0.4, 0.5) is 0 Å². The van der Waals surface area contributed by atoms with E-state index in [-0.39, 0.29) is 13.2 Å². The van der Waals surface area contributed by atoms with Crippen molar-refractivity contribution in [3.8, 4) is 0 Å². The molecule has 0 aromatic heterocycles. The van der Waals surface area contributed by atoms with Gasteiger partial charge in [0.2, 0.25) is 12.2 Å². The second kappa shape index (κ2) is 5.94. The van der Waals surface area contributed by atoms with Crippen LogP contribution in [-0.4, -0.2) is 37.4 Å². The summed E-state index contributed by atoms with van der Waals surface area (Å²) in [6.45, 7) is 3.78. The van der Waals surface area contributed by atoms with Crippen LogP contribution in [0.25, 0.3) is 0 Å². The molecule has 6 nitrogen and oxygen atoms in total. The first-order chi connectivity index (χ1) is 7.20.